The van der Waals surface area contributed by atoms with Crippen LogP contribution in [-0.4, -0.2) is 15.6 Å². The highest BCUT2D eigenvalue weighted by molar-refractivity contribution is 5.96. The molecule has 1 heterocycles. The smallest absolute Gasteiger partial charge is 0.271 e. The third-order valence-electron chi connectivity index (χ3n) is 3.22. The van der Waals surface area contributed by atoms with E-state index in [-0.39, 0.29) is 17.2 Å². The van der Waals surface area contributed by atoms with Crippen LogP contribution in [0.2, 0.25) is 0 Å². The first-order chi connectivity index (χ1) is 9.54. The minimum atomic E-state index is -0.808. The molecule has 1 aromatic heterocycles. The number of benzene rings is 1. The summed E-state index contributed by atoms with van der Waals surface area (Å²) >= 11 is 0. The van der Waals surface area contributed by atoms with Gasteiger partial charge in [-0.15, -0.1) is 0 Å². The maximum absolute atomic E-state index is 13.2. The maximum Gasteiger partial charge on any atom is 0.271 e. The third kappa shape index (κ3) is 2.13. The average molecular weight is 276 g/mol. The van der Waals surface area contributed by atoms with Crippen LogP contribution in [0, 0.1) is 11.6 Å². The molecule has 0 unspecified atom stereocenters. The molecule has 1 aliphatic carbocycles. The lowest BCUT2D eigenvalue weighted by atomic mass is 9.96. The zero-order chi connectivity index (χ0) is 14.3. The molecule has 0 N–H and O–H groups in total. The molecule has 0 spiro atoms. The van der Waals surface area contributed by atoms with Crippen LogP contribution >= 0.6 is 0 Å². The Morgan fingerprint density at radius 2 is 1.70 bits per heavy atom. The molecule has 0 atom stereocenters. The molecule has 2 aromatic rings. The van der Waals surface area contributed by atoms with E-state index in [2.05, 4.69) is 5.10 Å². The summed E-state index contributed by atoms with van der Waals surface area (Å²) in [4.78, 5) is 23.8. The van der Waals surface area contributed by atoms with Crippen LogP contribution in [0.5, 0.6) is 0 Å². The highest BCUT2D eigenvalue weighted by Crippen LogP contribution is 2.18. The number of fused-ring (bicyclic) bond motifs is 1. The number of rotatable bonds is 1. The van der Waals surface area contributed by atoms with Crippen molar-refractivity contribution < 1.29 is 13.6 Å². The normalized spacial score (nSPS) is 14.2. The van der Waals surface area contributed by atoms with Gasteiger partial charge in [0.1, 0.15) is 17.3 Å². The Labute approximate surface area is 112 Å². The van der Waals surface area contributed by atoms with E-state index in [0.717, 1.165) is 16.8 Å². The van der Waals surface area contributed by atoms with Gasteiger partial charge in [0, 0.05) is 18.6 Å². The van der Waals surface area contributed by atoms with E-state index in [1.54, 1.807) is 0 Å². The highest BCUT2D eigenvalue weighted by Gasteiger charge is 2.21. The van der Waals surface area contributed by atoms with Crippen LogP contribution in [0.4, 0.5) is 8.78 Å². The van der Waals surface area contributed by atoms with E-state index < -0.39 is 17.2 Å². The topological polar surface area (TPSA) is 52.0 Å². The predicted octanol–water partition coefficient (Wildman–Crippen LogP) is 2.03. The molecular formula is C14H10F2N2O2. The first kappa shape index (κ1) is 12.7. The monoisotopic (exact) mass is 276 g/mol. The average Bonchev–Trinajstić information content (AvgIpc) is 2.37. The summed E-state index contributed by atoms with van der Waals surface area (Å²) in [7, 11) is 0. The van der Waals surface area contributed by atoms with Crippen molar-refractivity contribution in [2.75, 3.05) is 0 Å². The zero-order valence-corrected chi connectivity index (χ0v) is 10.4. The van der Waals surface area contributed by atoms with Crippen molar-refractivity contribution in [2.24, 2.45) is 0 Å². The molecule has 0 radical (unpaired) electrons. The van der Waals surface area contributed by atoms with Gasteiger partial charge in [0.05, 0.1) is 5.69 Å². The van der Waals surface area contributed by atoms with E-state index in [0.29, 0.717) is 30.9 Å². The molecule has 4 nitrogen and oxygen atoms in total. The fourth-order valence-corrected chi connectivity index (χ4v) is 2.32. The molecule has 3 rings (SSSR count). The second-order valence-corrected chi connectivity index (χ2v) is 4.67. The Morgan fingerprint density at radius 3 is 2.40 bits per heavy atom. The van der Waals surface area contributed by atoms with Gasteiger partial charge in [0.15, 0.2) is 5.78 Å². The summed E-state index contributed by atoms with van der Waals surface area (Å²) in [5.41, 5.74) is 0.261. The van der Waals surface area contributed by atoms with Crippen LogP contribution in [0.25, 0.3) is 5.69 Å². The van der Waals surface area contributed by atoms with Crippen LogP contribution < -0.4 is 5.56 Å². The lowest BCUT2D eigenvalue weighted by Crippen LogP contribution is -2.27. The quantitative estimate of drug-likeness (QED) is 0.800. The number of carbonyl (C=O) groups is 1. The molecule has 6 heteroatoms. The predicted molar refractivity (Wildman–Crippen MR) is 67.0 cm³/mol. The molecule has 0 fully saturated rings. The van der Waals surface area contributed by atoms with E-state index in [1.165, 1.54) is 6.07 Å². The Kier molecular flexibility index (Phi) is 2.93. The van der Waals surface area contributed by atoms with Gasteiger partial charge in [-0.3, -0.25) is 9.59 Å². The van der Waals surface area contributed by atoms with Crippen molar-refractivity contribution in [1.82, 2.24) is 9.78 Å². The van der Waals surface area contributed by atoms with Crippen LogP contribution in [0.15, 0.2) is 29.1 Å². The first-order valence-corrected chi connectivity index (χ1v) is 6.17. The minimum Gasteiger partial charge on any atom is -0.292 e. The molecule has 20 heavy (non-hydrogen) atoms. The second kappa shape index (κ2) is 4.63. The number of nitrogens with zero attached hydrogens (tertiary/aromatic N) is 2. The Balaban J connectivity index is 2.21. The van der Waals surface area contributed by atoms with Gasteiger partial charge >= 0.3 is 0 Å². The number of hydrogen-bond donors (Lipinski definition) is 0. The van der Waals surface area contributed by atoms with E-state index in [4.69, 9.17) is 0 Å². The van der Waals surface area contributed by atoms with Crippen molar-refractivity contribution in [3.05, 3.63) is 57.5 Å². The highest BCUT2D eigenvalue weighted by atomic mass is 19.1. The number of ketones is 1. The first-order valence-electron chi connectivity index (χ1n) is 6.17. The van der Waals surface area contributed by atoms with Crippen LogP contribution in [0.1, 0.15) is 28.9 Å². The van der Waals surface area contributed by atoms with Gasteiger partial charge < -0.3 is 0 Å². The molecule has 0 saturated carbocycles. The third-order valence-corrected chi connectivity index (χ3v) is 3.22. The molecule has 0 bridgehead atoms. The fraction of sp³-hybridized carbons (Fsp3) is 0.214. The number of aryl methyl sites for hydroxylation is 1. The summed E-state index contributed by atoms with van der Waals surface area (Å²) < 4.78 is 27.3. The number of hydrogen-bond acceptors (Lipinski definition) is 3. The largest absolute Gasteiger partial charge is 0.292 e. The fourth-order valence-electron chi connectivity index (χ4n) is 2.32. The summed E-state index contributed by atoms with van der Waals surface area (Å²) in [6, 6.07) is 4.01. The summed E-state index contributed by atoms with van der Waals surface area (Å²) in [5.74, 6) is -1.77. The Morgan fingerprint density at radius 1 is 1.00 bits per heavy atom. The van der Waals surface area contributed by atoms with Crippen LogP contribution in [-0.2, 0) is 6.42 Å². The van der Waals surface area contributed by atoms with E-state index in [1.807, 2.05) is 0 Å². The van der Waals surface area contributed by atoms with Gasteiger partial charge in [-0.25, -0.2) is 8.78 Å². The van der Waals surface area contributed by atoms with Gasteiger partial charge in [-0.2, -0.15) is 9.78 Å². The van der Waals surface area contributed by atoms with Crippen molar-refractivity contribution in [3.63, 3.8) is 0 Å². The molecule has 0 saturated heterocycles. The van der Waals surface area contributed by atoms with Gasteiger partial charge in [0.25, 0.3) is 5.56 Å². The van der Waals surface area contributed by atoms with Crippen molar-refractivity contribution in [2.45, 2.75) is 19.3 Å². The molecular weight excluding hydrogens is 266 g/mol. The van der Waals surface area contributed by atoms with E-state index in [9.17, 15) is 18.4 Å². The summed E-state index contributed by atoms with van der Waals surface area (Å²) in [6.45, 7) is 0. The standard InChI is InChI=1S/C14H10F2N2O2/c15-9-5-10(16)7-11(6-9)18-13(20)4-8-2-1-3-12(19)14(8)17-18/h4-7H,1-3H2. The molecule has 1 aliphatic rings. The van der Waals surface area contributed by atoms with Gasteiger partial charge in [0.2, 0.25) is 0 Å². The Hall–Kier alpha value is -2.37. The summed E-state index contributed by atoms with van der Waals surface area (Å²) in [6.07, 6.45) is 1.67. The molecule has 102 valence electrons. The minimum absolute atomic E-state index is 0.0336. The van der Waals surface area contributed by atoms with Crippen molar-refractivity contribution in [1.29, 1.82) is 0 Å². The number of halogens is 2. The van der Waals surface area contributed by atoms with Gasteiger partial charge in [-0.05, 0) is 30.5 Å². The maximum atomic E-state index is 13.2. The lowest BCUT2D eigenvalue weighted by molar-refractivity contribution is 0.0965. The number of carbonyl (C=O) groups excluding carboxylic acids is 1. The SMILES string of the molecule is O=C1CCCc2cc(=O)n(-c3cc(F)cc(F)c3)nc21. The van der Waals surface area contributed by atoms with Crippen molar-refractivity contribution in [3.8, 4) is 5.69 Å². The summed E-state index contributed by atoms with van der Waals surface area (Å²) in [5, 5.41) is 3.97. The zero-order valence-electron chi connectivity index (χ0n) is 10.4. The molecule has 0 amide bonds. The number of Topliss-reactive ketones (excluding diaryl/α,β-unsaturated/α-hetero) is 1. The number of aromatic nitrogens is 2. The Bertz CT molecular complexity index is 748. The van der Waals surface area contributed by atoms with Gasteiger partial charge in [-0.1, -0.05) is 0 Å². The lowest BCUT2D eigenvalue weighted by Gasteiger charge is -2.15. The second-order valence-electron chi connectivity index (χ2n) is 4.67. The van der Waals surface area contributed by atoms with Crippen molar-refractivity contribution >= 4 is 5.78 Å². The molecule has 1 aromatic carbocycles. The molecule has 0 aliphatic heterocycles. The van der Waals surface area contributed by atoms with E-state index >= 15 is 0 Å². The van der Waals surface area contributed by atoms with Crippen LogP contribution in [0.3, 0.4) is 0 Å².